The molecule has 0 spiro atoms. The van der Waals surface area contributed by atoms with Gasteiger partial charge in [-0.05, 0) is 12.3 Å². The first kappa shape index (κ1) is 9.47. The first-order chi connectivity index (χ1) is 4.66. The van der Waals surface area contributed by atoms with Gasteiger partial charge in [-0.2, -0.15) is 0 Å². The van der Waals surface area contributed by atoms with Crippen LogP contribution in [0.15, 0.2) is 0 Å². The first-order valence-electron chi connectivity index (χ1n) is 3.93. The largest absolute Gasteiger partial charge is 0.356 e. The molecule has 60 valence electrons. The summed E-state index contributed by atoms with van der Waals surface area (Å²) < 4.78 is 0. The Labute approximate surface area is 63.0 Å². The van der Waals surface area contributed by atoms with Gasteiger partial charge in [0, 0.05) is 13.0 Å². The van der Waals surface area contributed by atoms with Crippen LogP contribution in [0.1, 0.15) is 33.6 Å². The molecule has 0 aliphatic carbocycles. The molecule has 0 saturated heterocycles. The number of nitrogens with one attached hydrogen (secondary N) is 1. The summed E-state index contributed by atoms with van der Waals surface area (Å²) in [6.07, 6.45) is 1.67. The highest BCUT2D eigenvalue weighted by atomic mass is 16.1. The topological polar surface area (TPSA) is 29.1 Å². The number of carbonyl (C=O) groups is 1. The molecule has 10 heavy (non-hydrogen) atoms. The molecule has 0 aromatic rings. The molecule has 2 nitrogen and oxygen atoms in total. The highest BCUT2D eigenvalue weighted by Crippen LogP contribution is 1.96. The summed E-state index contributed by atoms with van der Waals surface area (Å²) in [7, 11) is 0. The molecule has 0 fully saturated rings. The van der Waals surface area contributed by atoms with Gasteiger partial charge < -0.3 is 5.32 Å². The lowest BCUT2D eigenvalue weighted by molar-refractivity contribution is -0.120. The Morgan fingerprint density at radius 3 is 2.50 bits per heavy atom. The maximum absolute atomic E-state index is 10.7. The minimum atomic E-state index is 0.153. The van der Waals surface area contributed by atoms with Crippen molar-refractivity contribution >= 4 is 5.91 Å². The zero-order valence-corrected chi connectivity index (χ0v) is 7.11. The van der Waals surface area contributed by atoms with Crippen molar-refractivity contribution in [3.8, 4) is 0 Å². The summed E-state index contributed by atoms with van der Waals surface area (Å²) >= 11 is 0. The van der Waals surface area contributed by atoms with E-state index < -0.39 is 0 Å². The quantitative estimate of drug-likeness (QED) is 0.635. The molecular formula is C8H17NO. The summed E-state index contributed by atoms with van der Waals surface area (Å²) in [5.74, 6) is 0.831. The number of hydrogen-bond acceptors (Lipinski definition) is 1. The molecule has 0 radical (unpaired) electrons. The monoisotopic (exact) mass is 143 g/mol. The van der Waals surface area contributed by atoms with Crippen LogP contribution in [0.2, 0.25) is 0 Å². The van der Waals surface area contributed by atoms with Crippen LogP contribution in [0.5, 0.6) is 0 Å². The second-order valence-corrected chi connectivity index (χ2v) is 2.89. The van der Waals surface area contributed by atoms with E-state index >= 15 is 0 Å². The predicted octanol–water partition coefficient (Wildman–Crippen LogP) is 1.56. The van der Waals surface area contributed by atoms with Crippen molar-refractivity contribution in [2.75, 3.05) is 6.54 Å². The molecule has 2 heteroatoms. The fourth-order valence-corrected chi connectivity index (χ4v) is 0.625. The van der Waals surface area contributed by atoms with Gasteiger partial charge in [0.05, 0.1) is 0 Å². The van der Waals surface area contributed by atoms with Crippen molar-refractivity contribution in [3.63, 3.8) is 0 Å². The summed E-state index contributed by atoms with van der Waals surface area (Å²) in [4.78, 5) is 10.7. The number of hydrogen-bond donors (Lipinski definition) is 1. The predicted molar refractivity (Wildman–Crippen MR) is 42.8 cm³/mol. The van der Waals surface area contributed by atoms with E-state index in [-0.39, 0.29) is 5.91 Å². The first-order valence-corrected chi connectivity index (χ1v) is 3.93. The Hall–Kier alpha value is -0.530. The maximum Gasteiger partial charge on any atom is 0.219 e. The molecule has 0 saturated carbocycles. The molecule has 0 bridgehead atoms. The third kappa shape index (κ3) is 5.60. The highest BCUT2D eigenvalue weighted by Gasteiger charge is 1.96. The molecule has 0 aliphatic heterocycles. The van der Waals surface area contributed by atoms with Gasteiger partial charge in [-0.1, -0.05) is 20.8 Å². The molecule has 1 amide bonds. The van der Waals surface area contributed by atoms with Crippen molar-refractivity contribution in [1.82, 2.24) is 5.32 Å². The van der Waals surface area contributed by atoms with Gasteiger partial charge in [-0.25, -0.2) is 0 Å². The molecule has 0 atom stereocenters. The highest BCUT2D eigenvalue weighted by molar-refractivity contribution is 5.75. The fraction of sp³-hybridized carbons (Fsp3) is 0.875. The zero-order valence-electron chi connectivity index (χ0n) is 7.11. The normalized spacial score (nSPS) is 10.0. The third-order valence-corrected chi connectivity index (χ3v) is 1.36. The second-order valence-electron chi connectivity index (χ2n) is 2.89. The summed E-state index contributed by atoms with van der Waals surface area (Å²) in [5.41, 5.74) is 0. The molecule has 1 N–H and O–H groups in total. The number of amides is 1. The smallest absolute Gasteiger partial charge is 0.219 e. The minimum Gasteiger partial charge on any atom is -0.356 e. The van der Waals surface area contributed by atoms with Gasteiger partial charge >= 0.3 is 0 Å². The van der Waals surface area contributed by atoms with Gasteiger partial charge in [-0.3, -0.25) is 4.79 Å². The van der Waals surface area contributed by atoms with E-state index in [0.29, 0.717) is 12.3 Å². The van der Waals surface area contributed by atoms with Crippen molar-refractivity contribution in [3.05, 3.63) is 0 Å². The lowest BCUT2D eigenvalue weighted by Gasteiger charge is -2.04. The standard InChI is InChI=1S/C8H17NO/c1-4-8(10)9-6-5-7(2)3/h7H,4-6H2,1-3H3,(H,9,10). The van der Waals surface area contributed by atoms with E-state index in [1.165, 1.54) is 0 Å². The minimum absolute atomic E-state index is 0.153. The number of rotatable bonds is 4. The summed E-state index contributed by atoms with van der Waals surface area (Å²) in [5, 5.41) is 2.82. The van der Waals surface area contributed by atoms with Crippen LogP contribution in [0, 0.1) is 5.92 Å². The molecule has 0 unspecified atom stereocenters. The van der Waals surface area contributed by atoms with E-state index in [9.17, 15) is 4.79 Å². The van der Waals surface area contributed by atoms with E-state index in [1.807, 2.05) is 6.92 Å². The van der Waals surface area contributed by atoms with Crippen LogP contribution in [-0.4, -0.2) is 12.5 Å². The van der Waals surface area contributed by atoms with Crippen LogP contribution in [0.4, 0.5) is 0 Å². The van der Waals surface area contributed by atoms with Gasteiger partial charge in [0.25, 0.3) is 0 Å². The summed E-state index contributed by atoms with van der Waals surface area (Å²) in [6.45, 7) is 6.99. The zero-order chi connectivity index (χ0) is 7.98. The van der Waals surface area contributed by atoms with Gasteiger partial charge in [0.15, 0.2) is 0 Å². The van der Waals surface area contributed by atoms with Gasteiger partial charge in [0.1, 0.15) is 0 Å². The Morgan fingerprint density at radius 1 is 1.50 bits per heavy atom. The summed E-state index contributed by atoms with van der Waals surface area (Å²) in [6, 6.07) is 0. The lowest BCUT2D eigenvalue weighted by Crippen LogP contribution is -2.24. The molecular weight excluding hydrogens is 126 g/mol. The van der Waals surface area contributed by atoms with E-state index in [2.05, 4.69) is 19.2 Å². The third-order valence-electron chi connectivity index (χ3n) is 1.36. The molecule has 0 rings (SSSR count). The van der Waals surface area contributed by atoms with Crippen LogP contribution in [-0.2, 0) is 4.79 Å². The SMILES string of the molecule is CCC(=O)NCCC(C)C. The fourth-order valence-electron chi connectivity index (χ4n) is 0.625. The van der Waals surface area contributed by atoms with Crippen LogP contribution < -0.4 is 5.32 Å². The Morgan fingerprint density at radius 2 is 2.10 bits per heavy atom. The maximum atomic E-state index is 10.7. The molecule has 0 aromatic heterocycles. The van der Waals surface area contributed by atoms with Gasteiger partial charge in [-0.15, -0.1) is 0 Å². The number of carbonyl (C=O) groups excluding carboxylic acids is 1. The average molecular weight is 143 g/mol. The van der Waals surface area contributed by atoms with E-state index in [1.54, 1.807) is 0 Å². The molecule has 0 aromatic carbocycles. The lowest BCUT2D eigenvalue weighted by atomic mass is 10.1. The molecule has 0 aliphatic rings. The van der Waals surface area contributed by atoms with Crippen molar-refractivity contribution in [1.29, 1.82) is 0 Å². The Bertz CT molecular complexity index is 99.4. The van der Waals surface area contributed by atoms with E-state index in [4.69, 9.17) is 0 Å². The van der Waals surface area contributed by atoms with Crippen LogP contribution in [0.25, 0.3) is 0 Å². The Kier molecular flexibility index (Phi) is 4.99. The van der Waals surface area contributed by atoms with Crippen molar-refractivity contribution in [2.45, 2.75) is 33.6 Å². The molecule has 0 heterocycles. The van der Waals surface area contributed by atoms with Crippen molar-refractivity contribution < 1.29 is 4.79 Å². The Balaban J connectivity index is 3.12. The van der Waals surface area contributed by atoms with Crippen LogP contribution >= 0.6 is 0 Å². The van der Waals surface area contributed by atoms with Crippen molar-refractivity contribution in [2.24, 2.45) is 5.92 Å². The van der Waals surface area contributed by atoms with Crippen LogP contribution in [0.3, 0.4) is 0 Å². The average Bonchev–Trinajstić information content (AvgIpc) is 1.87. The van der Waals surface area contributed by atoms with Gasteiger partial charge in [0.2, 0.25) is 5.91 Å². The van der Waals surface area contributed by atoms with E-state index in [0.717, 1.165) is 13.0 Å². The second kappa shape index (κ2) is 5.27.